The van der Waals surface area contributed by atoms with Crippen LogP contribution >= 0.6 is 23.2 Å². The summed E-state index contributed by atoms with van der Waals surface area (Å²) >= 11 is 12.2. The molecule has 0 bridgehead atoms. The number of pyridine rings is 1. The maximum atomic E-state index is 12.7. The molecule has 0 radical (unpaired) electrons. The summed E-state index contributed by atoms with van der Waals surface area (Å²) in [6, 6.07) is 13.1. The van der Waals surface area contributed by atoms with E-state index in [0.29, 0.717) is 33.9 Å². The number of alkyl halides is 3. The highest BCUT2D eigenvalue weighted by molar-refractivity contribution is 7.92. The molecule has 0 atom stereocenters. The first-order valence-corrected chi connectivity index (χ1v) is 12.3. The molecule has 0 fully saturated rings. The van der Waals surface area contributed by atoms with E-state index >= 15 is 0 Å². The van der Waals surface area contributed by atoms with Gasteiger partial charge in [-0.1, -0.05) is 41.4 Å². The molecule has 0 saturated heterocycles. The van der Waals surface area contributed by atoms with Gasteiger partial charge in [0.05, 0.1) is 35.1 Å². The maximum Gasteiger partial charge on any atom is 0.433 e. The number of carbonyl (C=O) groups is 1. The van der Waals surface area contributed by atoms with Gasteiger partial charge in [-0.05, 0) is 47.5 Å². The first-order valence-electron chi connectivity index (χ1n) is 9.65. The number of sulfonamides is 1. The summed E-state index contributed by atoms with van der Waals surface area (Å²) in [5.74, 6) is 0. The standard InChI is InChI=1S/C22H18Cl2F3N3O3S/c1-34(32,33)30(13-16-3-2-4-19(23)21(16)24)18-8-6-17(7-9-18)29(14-31)12-15-5-10-20(28-11-15)22(25,26)27/h2-11,14H,12-13H2,1H3. The van der Waals surface area contributed by atoms with Crippen molar-refractivity contribution in [2.75, 3.05) is 15.5 Å². The minimum Gasteiger partial charge on any atom is -0.311 e. The van der Waals surface area contributed by atoms with Crippen molar-refractivity contribution in [3.63, 3.8) is 0 Å². The molecule has 12 heteroatoms. The smallest absolute Gasteiger partial charge is 0.311 e. The molecule has 3 aromatic rings. The van der Waals surface area contributed by atoms with E-state index in [1.165, 1.54) is 35.2 Å². The van der Waals surface area contributed by atoms with Crippen LogP contribution in [0, 0.1) is 0 Å². The Labute approximate surface area is 204 Å². The molecule has 0 aliphatic rings. The molecule has 6 nitrogen and oxygen atoms in total. The predicted molar refractivity (Wildman–Crippen MR) is 125 cm³/mol. The second kappa shape index (κ2) is 10.2. The summed E-state index contributed by atoms with van der Waals surface area (Å²) < 4.78 is 64.1. The van der Waals surface area contributed by atoms with Crippen LogP contribution in [0.4, 0.5) is 24.5 Å². The molecule has 34 heavy (non-hydrogen) atoms. The molecule has 1 aromatic heterocycles. The molecule has 0 aliphatic heterocycles. The molecule has 1 heterocycles. The first kappa shape index (κ1) is 25.8. The van der Waals surface area contributed by atoms with E-state index in [1.54, 1.807) is 18.2 Å². The zero-order chi connectivity index (χ0) is 25.1. The number of carbonyl (C=O) groups excluding carboxylic acids is 1. The molecule has 0 spiro atoms. The number of anilines is 2. The maximum absolute atomic E-state index is 12.7. The highest BCUT2D eigenvalue weighted by atomic mass is 35.5. The monoisotopic (exact) mass is 531 g/mol. The lowest BCUT2D eigenvalue weighted by atomic mass is 10.2. The van der Waals surface area contributed by atoms with Crippen LogP contribution in [0.25, 0.3) is 0 Å². The van der Waals surface area contributed by atoms with Crippen molar-refractivity contribution in [2.45, 2.75) is 19.3 Å². The topological polar surface area (TPSA) is 70.6 Å². The molecular formula is C22H18Cl2F3N3O3S. The Balaban J connectivity index is 1.83. The third-order valence-electron chi connectivity index (χ3n) is 4.81. The molecule has 0 unspecified atom stereocenters. The highest BCUT2D eigenvalue weighted by Crippen LogP contribution is 2.31. The van der Waals surface area contributed by atoms with Gasteiger partial charge in [-0.25, -0.2) is 8.42 Å². The van der Waals surface area contributed by atoms with Crippen molar-refractivity contribution in [3.8, 4) is 0 Å². The number of aromatic nitrogens is 1. The van der Waals surface area contributed by atoms with Gasteiger partial charge in [-0.3, -0.25) is 14.1 Å². The van der Waals surface area contributed by atoms with Crippen LogP contribution in [-0.2, 0) is 34.1 Å². The second-order valence-electron chi connectivity index (χ2n) is 7.28. The van der Waals surface area contributed by atoms with Crippen LogP contribution in [0.3, 0.4) is 0 Å². The number of rotatable bonds is 8. The fraction of sp³-hybridized carbons (Fsp3) is 0.182. The third kappa shape index (κ3) is 6.19. The van der Waals surface area contributed by atoms with Crippen LogP contribution in [-0.4, -0.2) is 26.1 Å². The summed E-state index contributed by atoms with van der Waals surface area (Å²) in [4.78, 5) is 16.3. The van der Waals surface area contributed by atoms with E-state index in [1.807, 2.05) is 0 Å². The van der Waals surface area contributed by atoms with E-state index in [2.05, 4.69) is 4.98 Å². The summed E-state index contributed by atoms with van der Waals surface area (Å²) in [5.41, 5.74) is 0.599. The average Bonchev–Trinajstić information content (AvgIpc) is 2.77. The Hall–Kier alpha value is -2.82. The van der Waals surface area contributed by atoms with Crippen molar-refractivity contribution in [2.24, 2.45) is 0 Å². The number of halogens is 5. The van der Waals surface area contributed by atoms with Gasteiger partial charge < -0.3 is 4.90 Å². The molecule has 2 aromatic carbocycles. The lowest BCUT2D eigenvalue weighted by molar-refractivity contribution is -0.141. The number of amides is 1. The van der Waals surface area contributed by atoms with Gasteiger partial charge in [-0.15, -0.1) is 0 Å². The van der Waals surface area contributed by atoms with Crippen molar-refractivity contribution < 1.29 is 26.4 Å². The first-order chi connectivity index (χ1) is 15.9. The van der Waals surface area contributed by atoms with E-state index < -0.39 is 21.9 Å². The van der Waals surface area contributed by atoms with Crippen LogP contribution in [0.5, 0.6) is 0 Å². The normalized spacial score (nSPS) is 11.8. The zero-order valence-corrected chi connectivity index (χ0v) is 20.0. The van der Waals surface area contributed by atoms with Gasteiger partial charge in [0.25, 0.3) is 0 Å². The van der Waals surface area contributed by atoms with Gasteiger partial charge in [0.1, 0.15) is 5.69 Å². The summed E-state index contributed by atoms with van der Waals surface area (Å²) in [7, 11) is -3.70. The summed E-state index contributed by atoms with van der Waals surface area (Å²) in [6.07, 6.45) is -1.94. The third-order valence-corrected chi connectivity index (χ3v) is 6.81. The van der Waals surface area contributed by atoms with Crippen LogP contribution in [0.15, 0.2) is 60.8 Å². The minimum atomic E-state index is -4.56. The Morgan fingerprint density at radius 1 is 0.971 bits per heavy atom. The second-order valence-corrected chi connectivity index (χ2v) is 9.97. The van der Waals surface area contributed by atoms with Gasteiger partial charge in [0.2, 0.25) is 16.4 Å². The van der Waals surface area contributed by atoms with Crippen LogP contribution < -0.4 is 9.21 Å². The molecular weight excluding hydrogens is 514 g/mol. The number of hydrogen-bond acceptors (Lipinski definition) is 4. The van der Waals surface area contributed by atoms with Crippen molar-refractivity contribution in [1.29, 1.82) is 0 Å². The van der Waals surface area contributed by atoms with Gasteiger partial charge in [0, 0.05) is 11.9 Å². The van der Waals surface area contributed by atoms with Gasteiger partial charge >= 0.3 is 6.18 Å². The molecule has 0 aliphatic carbocycles. The molecule has 3 rings (SSSR count). The van der Waals surface area contributed by atoms with Crippen molar-refractivity contribution in [3.05, 3.63) is 87.7 Å². The van der Waals surface area contributed by atoms with E-state index in [-0.39, 0.29) is 18.1 Å². The van der Waals surface area contributed by atoms with E-state index in [4.69, 9.17) is 23.2 Å². The fourth-order valence-electron chi connectivity index (χ4n) is 3.11. The Morgan fingerprint density at radius 3 is 2.15 bits per heavy atom. The number of benzene rings is 2. The van der Waals surface area contributed by atoms with Gasteiger partial charge in [0.15, 0.2) is 0 Å². The van der Waals surface area contributed by atoms with E-state index in [0.717, 1.165) is 22.8 Å². The summed E-state index contributed by atoms with van der Waals surface area (Å²) in [6.45, 7) is -0.0892. The Morgan fingerprint density at radius 2 is 1.62 bits per heavy atom. The Bertz CT molecular complexity index is 1270. The number of nitrogens with zero attached hydrogens (tertiary/aromatic N) is 3. The molecule has 180 valence electrons. The fourth-order valence-corrected chi connectivity index (χ4v) is 4.37. The lowest BCUT2D eigenvalue weighted by Gasteiger charge is -2.24. The van der Waals surface area contributed by atoms with Crippen molar-refractivity contribution in [1.82, 2.24) is 4.98 Å². The largest absolute Gasteiger partial charge is 0.433 e. The van der Waals surface area contributed by atoms with Crippen LogP contribution in [0.1, 0.15) is 16.8 Å². The number of hydrogen-bond donors (Lipinski definition) is 0. The Kier molecular flexibility index (Phi) is 7.74. The van der Waals surface area contributed by atoms with Crippen molar-refractivity contribution >= 4 is 51.0 Å². The zero-order valence-electron chi connectivity index (χ0n) is 17.6. The molecule has 0 N–H and O–H groups in total. The lowest BCUT2D eigenvalue weighted by Crippen LogP contribution is -2.29. The molecule has 1 amide bonds. The van der Waals surface area contributed by atoms with E-state index in [9.17, 15) is 26.4 Å². The quantitative estimate of drug-likeness (QED) is 0.358. The SMILES string of the molecule is CS(=O)(=O)N(Cc1cccc(Cl)c1Cl)c1ccc(N(C=O)Cc2ccc(C(F)(F)F)nc2)cc1. The predicted octanol–water partition coefficient (Wildman–Crippen LogP) is 5.54. The average molecular weight is 532 g/mol. The minimum absolute atomic E-state index is 0.0259. The van der Waals surface area contributed by atoms with Crippen LogP contribution in [0.2, 0.25) is 10.0 Å². The summed E-state index contributed by atoms with van der Waals surface area (Å²) in [5, 5.41) is 0.536. The highest BCUT2D eigenvalue weighted by Gasteiger charge is 2.32. The van der Waals surface area contributed by atoms with Gasteiger partial charge in [-0.2, -0.15) is 13.2 Å². The molecule has 0 saturated carbocycles.